The maximum atomic E-state index is 13.6. The van der Waals surface area contributed by atoms with Crippen LogP contribution in [0.2, 0.25) is 0 Å². The number of amides is 1. The molecule has 2 rings (SSSR count). The predicted molar refractivity (Wildman–Crippen MR) is 73.2 cm³/mol. The monoisotopic (exact) mass is 282 g/mol. The molecule has 1 atom stereocenters. The number of rotatable bonds is 4. The van der Waals surface area contributed by atoms with Crippen LogP contribution in [0.4, 0.5) is 8.78 Å². The molecule has 1 aliphatic rings. The zero-order valence-electron chi connectivity index (χ0n) is 11.4. The Morgan fingerprint density at radius 3 is 2.60 bits per heavy atom. The smallest absolute Gasteiger partial charge is 0.254 e. The second-order valence-electron chi connectivity index (χ2n) is 5.34. The van der Waals surface area contributed by atoms with E-state index in [1.807, 2.05) is 0 Å². The minimum absolute atomic E-state index is 0.138. The van der Waals surface area contributed by atoms with Gasteiger partial charge >= 0.3 is 0 Å². The Morgan fingerprint density at radius 2 is 2.00 bits per heavy atom. The zero-order valence-corrected chi connectivity index (χ0v) is 11.4. The van der Waals surface area contributed by atoms with Crippen molar-refractivity contribution in [2.75, 3.05) is 6.54 Å². The normalized spacial score (nSPS) is 17.8. The number of carbonyl (C=O) groups excluding carboxylic acids is 1. The molecule has 1 unspecified atom stereocenters. The van der Waals surface area contributed by atoms with E-state index in [4.69, 9.17) is 5.73 Å². The molecule has 1 aromatic carbocycles. The van der Waals surface area contributed by atoms with Crippen molar-refractivity contribution in [3.05, 3.63) is 35.4 Å². The molecule has 3 N–H and O–H groups in total. The highest BCUT2D eigenvalue weighted by atomic mass is 19.1. The van der Waals surface area contributed by atoms with Gasteiger partial charge in [0, 0.05) is 18.7 Å². The van der Waals surface area contributed by atoms with Gasteiger partial charge < -0.3 is 11.1 Å². The first kappa shape index (κ1) is 14.9. The molecule has 0 aliphatic heterocycles. The van der Waals surface area contributed by atoms with E-state index < -0.39 is 17.5 Å². The topological polar surface area (TPSA) is 55.1 Å². The lowest BCUT2D eigenvalue weighted by atomic mass is 9.84. The first-order valence-electron chi connectivity index (χ1n) is 7.08. The largest absolute Gasteiger partial charge is 0.348 e. The van der Waals surface area contributed by atoms with Crippen molar-refractivity contribution in [2.45, 2.75) is 38.1 Å². The molecular formula is C15H20F2N2O. The summed E-state index contributed by atoms with van der Waals surface area (Å²) in [5.41, 5.74) is 5.59. The first-order chi connectivity index (χ1) is 9.61. The Hall–Kier alpha value is -1.49. The van der Waals surface area contributed by atoms with Crippen LogP contribution in [0.5, 0.6) is 0 Å². The molecule has 0 heterocycles. The third kappa shape index (κ3) is 3.54. The van der Waals surface area contributed by atoms with Gasteiger partial charge in [0.15, 0.2) is 0 Å². The fourth-order valence-electron chi connectivity index (χ4n) is 2.83. The van der Waals surface area contributed by atoms with E-state index in [0.717, 1.165) is 37.8 Å². The fraction of sp³-hybridized carbons (Fsp3) is 0.533. The van der Waals surface area contributed by atoms with E-state index >= 15 is 0 Å². The molecule has 1 fully saturated rings. The van der Waals surface area contributed by atoms with Gasteiger partial charge in [-0.2, -0.15) is 0 Å². The molecule has 110 valence electrons. The van der Waals surface area contributed by atoms with Gasteiger partial charge in [-0.05, 0) is 30.9 Å². The second-order valence-corrected chi connectivity index (χ2v) is 5.34. The van der Waals surface area contributed by atoms with Gasteiger partial charge in [-0.1, -0.05) is 19.3 Å². The molecule has 1 aromatic rings. The fourth-order valence-corrected chi connectivity index (χ4v) is 2.83. The Labute approximate surface area is 117 Å². The molecule has 1 saturated carbocycles. The Bertz CT molecular complexity index is 473. The minimum atomic E-state index is -0.845. The number of hydrogen-bond acceptors (Lipinski definition) is 2. The Morgan fingerprint density at radius 1 is 1.30 bits per heavy atom. The lowest BCUT2D eigenvalue weighted by Crippen LogP contribution is -2.46. The molecule has 5 heteroatoms. The van der Waals surface area contributed by atoms with Gasteiger partial charge in [0.2, 0.25) is 0 Å². The summed E-state index contributed by atoms with van der Waals surface area (Å²) in [7, 11) is 0. The van der Waals surface area contributed by atoms with Gasteiger partial charge in [-0.15, -0.1) is 0 Å². The summed E-state index contributed by atoms with van der Waals surface area (Å²) < 4.78 is 26.4. The first-order valence-corrected chi connectivity index (χ1v) is 7.08. The highest BCUT2D eigenvalue weighted by molar-refractivity contribution is 5.94. The van der Waals surface area contributed by atoms with Crippen LogP contribution in [0.15, 0.2) is 18.2 Å². The van der Waals surface area contributed by atoms with Crippen LogP contribution in [-0.4, -0.2) is 18.5 Å². The second kappa shape index (κ2) is 6.79. The summed E-state index contributed by atoms with van der Waals surface area (Å²) in [5, 5.41) is 2.79. The third-order valence-corrected chi connectivity index (χ3v) is 3.97. The molecule has 0 aromatic heterocycles. The van der Waals surface area contributed by atoms with Gasteiger partial charge in [-0.3, -0.25) is 4.79 Å². The summed E-state index contributed by atoms with van der Waals surface area (Å²) in [5.74, 6) is -1.71. The molecule has 3 nitrogen and oxygen atoms in total. The molecule has 0 spiro atoms. The van der Waals surface area contributed by atoms with Crippen molar-refractivity contribution in [3.8, 4) is 0 Å². The molecule has 20 heavy (non-hydrogen) atoms. The number of nitrogens with two attached hydrogens (primary N) is 1. The van der Waals surface area contributed by atoms with Gasteiger partial charge in [0.1, 0.15) is 11.6 Å². The maximum Gasteiger partial charge on any atom is 0.254 e. The van der Waals surface area contributed by atoms with Crippen molar-refractivity contribution >= 4 is 5.91 Å². The number of carbonyl (C=O) groups is 1. The van der Waals surface area contributed by atoms with Crippen molar-refractivity contribution in [3.63, 3.8) is 0 Å². The number of nitrogens with one attached hydrogen (secondary N) is 1. The van der Waals surface area contributed by atoms with E-state index in [2.05, 4.69) is 5.32 Å². The molecular weight excluding hydrogens is 262 g/mol. The summed E-state index contributed by atoms with van der Waals surface area (Å²) in [6, 6.07) is 2.81. The SMILES string of the molecule is NCC(NC(=O)c1ccc(F)cc1F)C1CCCCC1. The van der Waals surface area contributed by atoms with Crippen molar-refractivity contribution in [1.29, 1.82) is 0 Å². The summed E-state index contributed by atoms with van der Waals surface area (Å²) in [4.78, 5) is 12.1. The summed E-state index contributed by atoms with van der Waals surface area (Å²) in [6.45, 7) is 0.333. The minimum Gasteiger partial charge on any atom is -0.348 e. The van der Waals surface area contributed by atoms with Crippen molar-refractivity contribution < 1.29 is 13.6 Å². The van der Waals surface area contributed by atoms with E-state index in [0.29, 0.717) is 18.5 Å². The van der Waals surface area contributed by atoms with Crippen molar-refractivity contribution in [2.24, 2.45) is 11.7 Å². The number of benzene rings is 1. The Kier molecular flexibility index (Phi) is 5.06. The van der Waals surface area contributed by atoms with Crippen LogP contribution in [0.25, 0.3) is 0 Å². The van der Waals surface area contributed by atoms with E-state index in [1.165, 1.54) is 6.42 Å². The quantitative estimate of drug-likeness (QED) is 0.892. The number of halogens is 2. The molecule has 0 bridgehead atoms. The highest BCUT2D eigenvalue weighted by Gasteiger charge is 2.25. The predicted octanol–water partition coefficient (Wildman–Crippen LogP) is 2.60. The van der Waals surface area contributed by atoms with E-state index in [-0.39, 0.29) is 11.6 Å². The average molecular weight is 282 g/mol. The van der Waals surface area contributed by atoms with Crippen LogP contribution in [0, 0.1) is 17.6 Å². The summed E-state index contributed by atoms with van der Waals surface area (Å²) >= 11 is 0. The van der Waals surface area contributed by atoms with Crippen LogP contribution in [-0.2, 0) is 0 Å². The van der Waals surface area contributed by atoms with Crippen LogP contribution >= 0.6 is 0 Å². The molecule has 0 saturated heterocycles. The van der Waals surface area contributed by atoms with Gasteiger partial charge in [-0.25, -0.2) is 8.78 Å². The van der Waals surface area contributed by atoms with E-state index in [9.17, 15) is 13.6 Å². The lowest BCUT2D eigenvalue weighted by molar-refractivity contribution is 0.0911. The third-order valence-electron chi connectivity index (χ3n) is 3.97. The molecule has 1 amide bonds. The van der Waals surface area contributed by atoms with E-state index in [1.54, 1.807) is 0 Å². The number of hydrogen-bond donors (Lipinski definition) is 2. The summed E-state index contributed by atoms with van der Waals surface area (Å²) in [6.07, 6.45) is 5.57. The average Bonchev–Trinajstić information content (AvgIpc) is 2.45. The van der Waals surface area contributed by atoms with Gasteiger partial charge in [0.25, 0.3) is 5.91 Å². The standard InChI is InChI=1S/C15H20F2N2O/c16-11-6-7-12(13(17)8-11)15(20)19-14(9-18)10-4-2-1-3-5-10/h6-8,10,14H,1-5,9,18H2,(H,19,20). The van der Waals surface area contributed by atoms with Crippen LogP contribution in [0.1, 0.15) is 42.5 Å². The molecule has 0 radical (unpaired) electrons. The lowest BCUT2D eigenvalue weighted by Gasteiger charge is -2.30. The zero-order chi connectivity index (χ0) is 14.5. The van der Waals surface area contributed by atoms with Crippen molar-refractivity contribution in [1.82, 2.24) is 5.32 Å². The van der Waals surface area contributed by atoms with Gasteiger partial charge in [0.05, 0.1) is 5.56 Å². The van der Waals surface area contributed by atoms with Crippen LogP contribution < -0.4 is 11.1 Å². The molecule has 1 aliphatic carbocycles. The Balaban J connectivity index is 2.04. The van der Waals surface area contributed by atoms with Crippen LogP contribution in [0.3, 0.4) is 0 Å². The maximum absolute atomic E-state index is 13.6. The highest BCUT2D eigenvalue weighted by Crippen LogP contribution is 2.26.